The highest BCUT2D eigenvalue weighted by molar-refractivity contribution is 5.40. The van der Waals surface area contributed by atoms with Crippen LogP contribution in [0, 0.1) is 23.7 Å². The first kappa shape index (κ1) is 27.8. The van der Waals surface area contributed by atoms with E-state index >= 15 is 0 Å². The van der Waals surface area contributed by atoms with Gasteiger partial charge in [-0.15, -0.1) is 0 Å². The molecule has 0 bridgehead atoms. The number of rotatable bonds is 18. The van der Waals surface area contributed by atoms with Crippen LogP contribution in [0.3, 0.4) is 0 Å². The molecule has 0 aliphatic rings. The minimum absolute atomic E-state index is 0.482. The van der Waals surface area contributed by atoms with Crippen LogP contribution in [0.1, 0.15) is 104 Å². The van der Waals surface area contributed by atoms with Gasteiger partial charge in [0.25, 0.3) is 0 Å². The van der Waals surface area contributed by atoms with Gasteiger partial charge in [-0.3, -0.25) is 0 Å². The first-order chi connectivity index (χ1) is 14.8. The van der Waals surface area contributed by atoms with E-state index in [0.717, 1.165) is 47.8 Å². The van der Waals surface area contributed by atoms with Crippen LogP contribution in [0.2, 0.25) is 0 Å². The Bertz CT molecular complexity index is 572. The van der Waals surface area contributed by atoms with Crippen molar-refractivity contribution in [3.05, 3.63) is 23.8 Å². The maximum absolute atomic E-state index is 5.94. The van der Waals surface area contributed by atoms with Gasteiger partial charge < -0.3 is 15.2 Å². The summed E-state index contributed by atoms with van der Waals surface area (Å²) < 4.78 is 11.3. The van der Waals surface area contributed by atoms with Gasteiger partial charge in [-0.05, 0) is 36.2 Å². The summed E-state index contributed by atoms with van der Waals surface area (Å²) >= 11 is 0. The monoisotopic (exact) mass is 433 g/mol. The summed E-state index contributed by atoms with van der Waals surface area (Å²) in [6.07, 6.45) is 13.5. The highest BCUT2D eigenvalue weighted by atomic mass is 16.5. The summed E-state index contributed by atoms with van der Waals surface area (Å²) in [5, 5.41) is 0. The first-order valence-corrected chi connectivity index (χ1v) is 12.8. The van der Waals surface area contributed by atoms with E-state index in [4.69, 9.17) is 15.2 Å². The quantitative estimate of drug-likeness (QED) is 0.255. The second kappa shape index (κ2) is 16.4. The number of benzene rings is 1. The van der Waals surface area contributed by atoms with E-state index in [1.165, 1.54) is 57.8 Å². The normalized spacial score (nSPS) is 14.5. The summed E-state index contributed by atoms with van der Waals surface area (Å²) in [5.41, 5.74) is 6.74. The zero-order valence-electron chi connectivity index (χ0n) is 21.4. The van der Waals surface area contributed by atoms with Crippen LogP contribution in [0.15, 0.2) is 18.2 Å². The molecule has 0 saturated heterocycles. The average Bonchev–Trinajstić information content (AvgIpc) is 2.73. The average molecular weight is 434 g/mol. The van der Waals surface area contributed by atoms with Crippen LogP contribution in [-0.4, -0.2) is 13.7 Å². The Morgan fingerprint density at radius 1 is 0.742 bits per heavy atom. The number of hydrogen-bond donors (Lipinski definition) is 1. The molecule has 1 aromatic rings. The van der Waals surface area contributed by atoms with Gasteiger partial charge in [0.05, 0.1) is 13.7 Å². The van der Waals surface area contributed by atoms with Crippen molar-refractivity contribution in [2.45, 2.75) is 105 Å². The molecule has 0 aromatic heterocycles. The summed E-state index contributed by atoms with van der Waals surface area (Å²) in [6.45, 7) is 13.1. The SMILES string of the molecule is COc1cc(OCCC(C)CCCC(C)CCCC(C)CCCC(C)C)ccc1CN. The molecule has 180 valence electrons. The zero-order chi connectivity index (χ0) is 23.1. The Kier molecular flexibility index (Phi) is 14.7. The van der Waals surface area contributed by atoms with Gasteiger partial charge in [-0.2, -0.15) is 0 Å². The lowest BCUT2D eigenvalue weighted by molar-refractivity contribution is 0.273. The number of methoxy groups -OCH3 is 1. The Morgan fingerprint density at radius 2 is 1.26 bits per heavy atom. The van der Waals surface area contributed by atoms with Crippen molar-refractivity contribution >= 4 is 0 Å². The molecule has 0 aliphatic heterocycles. The van der Waals surface area contributed by atoms with Crippen LogP contribution >= 0.6 is 0 Å². The fraction of sp³-hybridized carbons (Fsp3) is 0.786. The summed E-state index contributed by atoms with van der Waals surface area (Å²) in [5.74, 6) is 5.00. The minimum atomic E-state index is 0.482. The van der Waals surface area contributed by atoms with Crippen molar-refractivity contribution in [2.75, 3.05) is 13.7 Å². The molecule has 31 heavy (non-hydrogen) atoms. The van der Waals surface area contributed by atoms with E-state index in [1.54, 1.807) is 7.11 Å². The van der Waals surface area contributed by atoms with E-state index in [-0.39, 0.29) is 0 Å². The van der Waals surface area contributed by atoms with Crippen molar-refractivity contribution in [1.82, 2.24) is 0 Å². The second-order valence-electron chi connectivity index (χ2n) is 10.3. The third kappa shape index (κ3) is 13.0. The van der Waals surface area contributed by atoms with Gasteiger partial charge >= 0.3 is 0 Å². The van der Waals surface area contributed by atoms with E-state index in [0.29, 0.717) is 12.5 Å². The second-order valence-corrected chi connectivity index (χ2v) is 10.3. The molecule has 1 rings (SSSR count). The zero-order valence-corrected chi connectivity index (χ0v) is 21.4. The maximum Gasteiger partial charge on any atom is 0.127 e. The van der Waals surface area contributed by atoms with Crippen molar-refractivity contribution < 1.29 is 9.47 Å². The topological polar surface area (TPSA) is 44.5 Å². The van der Waals surface area contributed by atoms with Crippen LogP contribution in [0.5, 0.6) is 11.5 Å². The van der Waals surface area contributed by atoms with Crippen molar-refractivity contribution in [3.63, 3.8) is 0 Å². The van der Waals surface area contributed by atoms with E-state index < -0.39 is 0 Å². The van der Waals surface area contributed by atoms with E-state index in [9.17, 15) is 0 Å². The number of hydrogen-bond acceptors (Lipinski definition) is 3. The van der Waals surface area contributed by atoms with Crippen molar-refractivity contribution in [3.8, 4) is 11.5 Å². The lowest BCUT2D eigenvalue weighted by Crippen LogP contribution is -2.06. The Balaban J connectivity index is 2.10. The molecule has 0 heterocycles. The molecule has 0 saturated carbocycles. The predicted molar refractivity (Wildman–Crippen MR) is 135 cm³/mol. The molecule has 3 nitrogen and oxygen atoms in total. The van der Waals surface area contributed by atoms with Gasteiger partial charge in [0.2, 0.25) is 0 Å². The van der Waals surface area contributed by atoms with Crippen LogP contribution in [0.4, 0.5) is 0 Å². The van der Waals surface area contributed by atoms with Gasteiger partial charge in [0.1, 0.15) is 11.5 Å². The highest BCUT2D eigenvalue weighted by Crippen LogP contribution is 2.25. The predicted octanol–water partition coefficient (Wildman–Crippen LogP) is 8.00. The summed E-state index contributed by atoms with van der Waals surface area (Å²) in [4.78, 5) is 0. The largest absolute Gasteiger partial charge is 0.496 e. The van der Waals surface area contributed by atoms with Crippen LogP contribution < -0.4 is 15.2 Å². The number of nitrogens with two attached hydrogens (primary N) is 1. The molecule has 3 unspecified atom stereocenters. The van der Waals surface area contributed by atoms with E-state index in [2.05, 4.69) is 34.6 Å². The fourth-order valence-corrected chi connectivity index (χ4v) is 4.30. The minimum Gasteiger partial charge on any atom is -0.496 e. The first-order valence-electron chi connectivity index (χ1n) is 12.8. The third-order valence-corrected chi connectivity index (χ3v) is 6.62. The lowest BCUT2D eigenvalue weighted by Gasteiger charge is -2.16. The van der Waals surface area contributed by atoms with Crippen molar-refractivity contribution in [1.29, 1.82) is 0 Å². The smallest absolute Gasteiger partial charge is 0.127 e. The summed E-state index contributed by atoms with van der Waals surface area (Å²) in [7, 11) is 1.68. The van der Waals surface area contributed by atoms with E-state index in [1.807, 2.05) is 18.2 Å². The fourth-order valence-electron chi connectivity index (χ4n) is 4.30. The van der Waals surface area contributed by atoms with Crippen LogP contribution in [0.25, 0.3) is 0 Å². The van der Waals surface area contributed by atoms with Crippen molar-refractivity contribution in [2.24, 2.45) is 29.4 Å². The molecule has 0 fully saturated rings. The Hall–Kier alpha value is -1.22. The molecule has 0 aliphatic carbocycles. The Morgan fingerprint density at radius 3 is 1.74 bits per heavy atom. The Labute approximate surface area is 193 Å². The summed E-state index contributed by atoms with van der Waals surface area (Å²) in [6, 6.07) is 5.92. The molecule has 0 radical (unpaired) electrons. The molecule has 3 atom stereocenters. The maximum atomic E-state index is 5.94. The molecule has 1 aromatic carbocycles. The molecule has 2 N–H and O–H groups in total. The standard InChI is InChI=1S/C28H51NO2/c1-22(2)10-7-11-23(3)12-8-13-24(4)14-9-15-25(5)18-19-31-27-17-16-26(21-29)28(20-27)30-6/h16-17,20,22-25H,7-15,18-19,21,29H2,1-6H3. The lowest BCUT2D eigenvalue weighted by atomic mass is 9.91. The van der Waals surface area contributed by atoms with Gasteiger partial charge in [-0.25, -0.2) is 0 Å². The molecule has 3 heteroatoms. The van der Waals surface area contributed by atoms with Gasteiger partial charge in [0, 0.05) is 18.2 Å². The van der Waals surface area contributed by atoms with Gasteiger partial charge in [-0.1, -0.05) is 98.5 Å². The molecule has 0 amide bonds. The van der Waals surface area contributed by atoms with Gasteiger partial charge in [0.15, 0.2) is 0 Å². The third-order valence-electron chi connectivity index (χ3n) is 6.62. The molecule has 0 spiro atoms. The van der Waals surface area contributed by atoms with Crippen LogP contribution in [-0.2, 0) is 6.54 Å². The highest BCUT2D eigenvalue weighted by Gasteiger charge is 2.09. The molecular formula is C28H51NO2. The number of ether oxygens (including phenoxy) is 2. The molecular weight excluding hydrogens is 382 g/mol.